The highest BCUT2D eigenvalue weighted by Crippen LogP contribution is 2.47. The van der Waals surface area contributed by atoms with Gasteiger partial charge in [0.15, 0.2) is 17.3 Å². The lowest BCUT2D eigenvalue weighted by molar-refractivity contribution is -0.140. The van der Waals surface area contributed by atoms with Gasteiger partial charge < -0.3 is 19.5 Å². The number of esters is 1. The Morgan fingerprint density at radius 2 is 1.64 bits per heavy atom. The molecule has 6 nitrogen and oxygen atoms in total. The summed E-state index contributed by atoms with van der Waals surface area (Å²) in [5, 5.41) is 3.42. The van der Waals surface area contributed by atoms with Crippen molar-refractivity contribution in [3.63, 3.8) is 0 Å². The second-order valence-electron chi connectivity index (χ2n) is 9.83. The number of nitrogens with one attached hydrogen (secondary N) is 1. The summed E-state index contributed by atoms with van der Waals surface area (Å²) >= 11 is 0. The highest BCUT2D eigenvalue weighted by atomic mass is 16.5. The number of hydrogen-bond acceptors (Lipinski definition) is 6. The largest absolute Gasteiger partial charge is 0.493 e. The minimum absolute atomic E-state index is 0.0244. The van der Waals surface area contributed by atoms with Gasteiger partial charge in [0, 0.05) is 29.3 Å². The van der Waals surface area contributed by atoms with Crippen LogP contribution in [0.3, 0.4) is 0 Å². The summed E-state index contributed by atoms with van der Waals surface area (Å²) < 4.78 is 17.1. The number of ketones is 1. The van der Waals surface area contributed by atoms with Gasteiger partial charge in [0.1, 0.15) is 6.61 Å². The molecule has 39 heavy (non-hydrogen) atoms. The molecule has 1 N–H and O–H groups in total. The standard InChI is InChI=1S/C33H33NO5/c1-4-38-28-16-15-24(19-29(28)37-3)31-30(33(36)39-20-22-11-7-5-8-12-22)21(2)34-26-17-25(18-27(35)32(26)31)23-13-9-6-10-14-23/h5-16,19,25,31,34H,4,17-18,20H2,1-3H3/t25-,31-/m0/s1. The maximum absolute atomic E-state index is 13.8. The summed E-state index contributed by atoms with van der Waals surface area (Å²) in [7, 11) is 1.58. The predicted octanol–water partition coefficient (Wildman–Crippen LogP) is 6.20. The molecule has 2 aliphatic rings. The van der Waals surface area contributed by atoms with Crippen molar-refractivity contribution in [3.05, 3.63) is 118 Å². The van der Waals surface area contributed by atoms with E-state index in [0.29, 0.717) is 47.8 Å². The van der Waals surface area contributed by atoms with Gasteiger partial charge in [-0.1, -0.05) is 66.7 Å². The minimum Gasteiger partial charge on any atom is -0.493 e. The molecule has 0 unspecified atom stereocenters. The van der Waals surface area contributed by atoms with Crippen LogP contribution in [0.5, 0.6) is 11.5 Å². The summed E-state index contributed by atoms with van der Waals surface area (Å²) in [5.41, 5.74) is 5.40. The second-order valence-corrected chi connectivity index (χ2v) is 9.83. The van der Waals surface area contributed by atoms with E-state index in [1.165, 1.54) is 0 Å². The first-order valence-corrected chi connectivity index (χ1v) is 13.3. The van der Waals surface area contributed by atoms with Crippen LogP contribution in [0, 0.1) is 0 Å². The molecule has 3 aromatic rings. The third-order valence-electron chi connectivity index (χ3n) is 7.35. The Labute approximate surface area is 229 Å². The third-order valence-corrected chi connectivity index (χ3v) is 7.35. The Bertz CT molecular complexity index is 1420. The molecule has 1 aliphatic carbocycles. The molecule has 0 amide bonds. The van der Waals surface area contributed by atoms with Crippen molar-refractivity contribution < 1.29 is 23.8 Å². The zero-order valence-electron chi connectivity index (χ0n) is 22.5. The average Bonchev–Trinajstić information content (AvgIpc) is 2.96. The van der Waals surface area contributed by atoms with Gasteiger partial charge in [-0.15, -0.1) is 0 Å². The summed E-state index contributed by atoms with van der Waals surface area (Å²) in [6.07, 6.45) is 1.06. The van der Waals surface area contributed by atoms with E-state index < -0.39 is 11.9 Å². The summed E-state index contributed by atoms with van der Waals surface area (Å²) in [5.74, 6) is 0.218. The second kappa shape index (κ2) is 11.6. The number of allylic oxidation sites excluding steroid dienone is 3. The van der Waals surface area contributed by atoms with Crippen LogP contribution in [0.1, 0.15) is 55.2 Å². The molecule has 0 radical (unpaired) electrons. The molecule has 2 atom stereocenters. The van der Waals surface area contributed by atoms with Crippen LogP contribution >= 0.6 is 0 Å². The Morgan fingerprint density at radius 1 is 0.923 bits per heavy atom. The minimum atomic E-state index is -0.585. The zero-order valence-corrected chi connectivity index (χ0v) is 22.5. The molecular formula is C33H33NO5. The van der Waals surface area contributed by atoms with Gasteiger partial charge in [-0.3, -0.25) is 4.79 Å². The number of benzene rings is 3. The molecule has 0 saturated heterocycles. The first-order chi connectivity index (χ1) is 19.0. The van der Waals surface area contributed by atoms with E-state index in [4.69, 9.17) is 14.2 Å². The molecular weight excluding hydrogens is 490 g/mol. The number of carbonyl (C=O) groups excluding carboxylic acids is 2. The molecule has 0 bridgehead atoms. The quantitative estimate of drug-likeness (QED) is 0.355. The molecule has 200 valence electrons. The van der Waals surface area contributed by atoms with Crippen molar-refractivity contribution in [1.82, 2.24) is 5.32 Å². The van der Waals surface area contributed by atoms with Crippen LogP contribution in [0.25, 0.3) is 0 Å². The molecule has 0 spiro atoms. The van der Waals surface area contributed by atoms with E-state index >= 15 is 0 Å². The van der Waals surface area contributed by atoms with Gasteiger partial charge in [0.25, 0.3) is 0 Å². The van der Waals surface area contributed by atoms with Crippen LogP contribution in [0.15, 0.2) is 101 Å². The van der Waals surface area contributed by atoms with E-state index in [0.717, 1.165) is 22.4 Å². The summed E-state index contributed by atoms with van der Waals surface area (Å²) in [4.78, 5) is 27.5. The van der Waals surface area contributed by atoms with Crippen molar-refractivity contribution in [2.24, 2.45) is 0 Å². The van der Waals surface area contributed by atoms with E-state index in [1.807, 2.05) is 80.6 Å². The van der Waals surface area contributed by atoms with E-state index in [-0.39, 0.29) is 18.3 Å². The number of dihydropyridines is 1. The van der Waals surface area contributed by atoms with Crippen LogP contribution in [0.4, 0.5) is 0 Å². The fourth-order valence-electron chi connectivity index (χ4n) is 5.54. The lowest BCUT2D eigenvalue weighted by Crippen LogP contribution is -2.36. The van der Waals surface area contributed by atoms with Gasteiger partial charge in [-0.05, 0) is 55.0 Å². The molecule has 1 heterocycles. The SMILES string of the molecule is CCOc1ccc([C@H]2C(C(=O)OCc3ccccc3)=C(C)NC3=C2C(=O)C[C@@H](c2ccccc2)C3)cc1OC. The topological polar surface area (TPSA) is 73.9 Å². The highest BCUT2D eigenvalue weighted by molar-refractivity contribution is 6.04. The van der Waals surface area contributed by atoms with Crippen LogP contribution in [-0.2, 0) is 20.9 Å². The van der Waals surface area contributed by atoms with Crippen LogP contribution in [0.2, 0.25) is 0 Å². The summed E-state index contributed by atoms with van der Waals surface area (Å²) in [6.45, 7) is 4.42. The molecule has 3 aromatic carbocycles. The smallest absolute Gasteiger partial charge is 0.337 e. The molecule has 0 saturated carbocycles. The zero-order chi connectivity index (χ0) is 27.4. The van der Waals surface area contributed by atoms with Crippen molar-refractivity contribution >= 4 is 11.8 Å². The first-order valence-electron chi connectivity index (χ1n) is 13.3. The number of ether oxygens (including phenoxy) is 3. The van der Waals surface area contributed by atoms with Crippen molar-refractivity contribution in [1.29, 1.82) is 0 Å². The average molecular weight is 524 g/mol. The number of carbonyl (C=O) groups is 2. The maximum atomic E-state index is 13.8. The first kappa shape index (κ1) is 26.3. The van der Waals surface area contributed by atoms with Crippen LogP contribution < -0.4 is 14.8 Å². The molecule has 5 rings (SSSR count). The normalized spacial score (nSPS) is 18.8. The molecule has 1 aliphatic heterocycles. The molecule has 6 heteroatoms. The number of methoxy groups -OCH3 is 1. The maximum Gasteiger partial charge on any atom is 0.337 e. The number of Topliss-reactive ketones (excluding diaryl/α,β-unsaturated/α-hetero) is 1. The van der Waals surface area contributed by atoms with Gasteiger partial charge in [-0.25, -0.2) is 4.79 Å². The van der Waals surface area contributed by atoms with Gasteiger partial charge in [0.2, 0.25) is 0 Å². The Morgan fingerprint density at radius 3 is 2.33 bits per heavy atom. The molecule has 0 fully saturated rings. The third kappa shape index (κ3) is 5.46. The lowest BCUT2D eigenvalue weighted by atomic mass is 9.71. The fraction of sp³-hybridized carbons (Fsp3) is 0.273. The predicted molar refractivity (Wildman–Crippen MR) is 149 cm³/mol. The Kier molecular flexibility index (Phi) is 7.82. The Balaban J connectivity index is 1.55. The van der Waals surface area contributed by atoms with Gasteiger partial charge in [-0.2, -0.15) is 0 Å². The number of rotatable bonds is 8. The van der Waals surface area contributed by atoms with Gasteiger partial charge >= 0.3 is 5.97 Å². The van der Waals surface area contributed by atoms with E-state index in [1.54, 1.807) is 7.11 Å². The van der Waals surface area contributed by atoms with Crippen LogP contribution in [-0.4, -0.2) is 25.5 Å². The molecule has 0 aromatic heterocycles. The summed E-state index contributed by atoms with van der Waals surface area (Å²) in [6, 6.07) is 25.3. The van der Waals surface area contributed by atoms with Gasteiger partial charge in [0.05, 0.1) is 19.3 Å². The van der Waals surface area contributed by atoms with E-state index in [9.17, 15) is 9.59 Å². The monoisotopic (exact) mass is 523 g/mol. The Hall–Kier alpha value is -4.32. The van der Waals surface area contributed by atoms with Crippen molar-refractivity contribution in [3.8, 4) is 11.5 Å². The number of hydrogen-bond donors (Lipinski definition) is 1. The lowest BCUT2D eigenvalue weighted by Gasteiger charge is -2.37. The highest BCUT2D eigenvalue weighted by Gasteiger charge is 2.41. The van der Waals surface area contributed by atoms with Crippen molar-refractivity contribution in [2.45, 2.75) is 45.1 Å². The fourth-order valence-corrected chi connectivity index (χ4v) is 5.54. The van der Waals surface area contributed by atoms with E-state index in [2.05, 4.69) is 17.4 Å². The van der Waals surface area contributed by atoms with Crippen molar-refractivity contribution in [2.75, 3.05) is 13.7 Å².